The first-order chi connectivity index (χ1) is 10.5. The number of fused-ring (bicyclic) bond motifs is 1. The van der Waals surface area contributed by atoms with E-state index in [9.17, 15) is 14.0 Å². The van der Waals surface area contributed by atoms with Gasteiger partial charge in [-0.1, -0.05) is 0 Å². The first kappa shape index (κ1) is 14.1. The molecule has 0 unspecified atom stereocenters. The van der Waals surface area contributed by atoms with Gasteiger partial charge in [0.15, 0.2) is 17.3 Å². The predicted octanol–water partition coefficient (Wildman–Crippen LogP) is 2.41. The molecule has 1 aliphatic heterocycles. The number of benzene rings is 2. The molecule has 22 heavy (non-hydrogen) atoms. The molecule has 0 fully saturated rings. The van der Waals surface area contributed by atoms with Crippen LogP contribution in [-0.4, -0.2) is 23.7 Å². The van der Waals surface area contributed by atoms with Crippen molar-refractivity contribution in [1.82, 2.24) is 0 Å². The van der Waals surface area contributed by atoms with Crippen molar-refractivity contribution in [3.05, 3.63) is 58.9 Å². The molecule has 5 nitrogen and oxygen atoms in total. The maximum atomic E-state index is 13.0. The van der Waals surface area contributed by atoms with Crippen molar-refractivity contribution in [2.45, 2.75) is 6.42 Å². The molecular weight excluding hydrogens is 291 g/mol. The summed E-state index contributed by atoms with van der Waals surface area (Å²) < 4.78 is 23.4. The number of aliphatic carboxylic acids is 1. The van der Waals surface area contributed by atoms with Crippen molar-refractivity contribution < 1.29 is 28.6 Å². The Kier molecular flexibility index (Phi) is 3.50. The normalized spacial score (nSPS) is 12.2. The summed E-state index contributed by atoms with van der Waals surface area (Å²) in [6, 6.07) is 8.02. The largest absolute Gasteiger partial charge is 0.481 e. The highest BCUT2D eigenvalue weighted by molar-refractivity contribution is 6.10. The van der Waals surface area contributed by atoms with Gasteiger partial charge in [-0.2, -0.15) is 0 Å². The average molecular weight is 302 g/mol. The number of carbonyl (C=O) groups excluding carboxylic acids is 1. The molecule has 0 aromatic heterocycles. The third-order valence-electron chi connectivity index (χ3n) is 3.29. The Hall–Kier alpha value is -2.89. The number of carboxylic acids is 1. The summed E-state index contributed by atoms with van der Waals surface area (Å²) in [4.78, 5) is 23.5. The molecule has 0 bridgehead atoms. The monoisotopic (exact) mass is 302 g/mol. The highest BCUT2D eigenvalue weighted by Gasteiger charge is 2.22. The Morgan fingerprint density at radius 1 is 1.09 bits per heavy atom. The zero-order valence-corrected chi connectivity index (χ0v) is 11.3. The third kappa shape index (κ3) is 2.63. The van der Waals surface area contributed by atoms with Crippen LogP contribution >= 0.6 is 0 Å². The summed E-state index contributed by atoms with van der Waals surface area (Å²) in [6.07, 6.45) is -0.321. The Balaban J connectivity index is 2.06. The van der Waals surface area contributed by atoms with Crippen LogP contribution < -0.4 is 9.47 Å². The van der Waals surface area contributed by atoms with Crippen LogP contribution in [0.3, 0.4) is 0 Å². The van der Waals surface area contributed by atoms with Crippen LogP contribution in [0.5, 0.6) is 11.5 Å². The van der Waals surface area contributed by atoms with E-state index in [1.165, 1.54) is 36.4 Å². The molecule has 3 rings (SSSR count). The molecule has 0 spiro atoms. The van der Waals surface area contributed by atoms with E-state index in [2.05, 4.69) is 0 Å². The highest BCUT2D eigenvalue weighted by Crippen LogP contribution is 2.35. The van der Waals surface area contributed by atoms with E-state index < -0.39 is 17.6 Å². The first-order valence-electron chi connectivity index (χ1n) is 6.49. The highest BCUT2D eigenvalue weighted by atomic mass is 19.1. The van der Waals surface area contributed by atoms with Crippen molar-refractivity contribution >= 4 is 11.8 Å². The Morgan fingerprint density at radius 3 is 2.36 bits per heavy atom. The fourth-order valence-electron chi connectivity index (χ4n) is 2.26. The zero-order chi connectivity index (χ0) is 15.7. The molecule has 2 aromatic rings. The van der Waals surface area contributed by atoms with E-state index in [-0.39, 0.29) is 24.3 Å². The van der Waals surface area contributed by atoms with Crippen LogP contribution in [0.4, 0.5) is 4.39 Å². The second-order valence-electron chi connectivity index (χ2n) is 4.77. The van der Waals surface area contributed by atoms with Crippen LogP contribution in [0.25, 0.3) is 0 Å². The summed E-state index contributed by atoms with van der Waals surface area (Å²) in [6.45, 7) is 0.0238. The predicted molar refractivity (Wildman–Crippen MR) is 73.7 cm³/mol. The van der Waals surface area contributed by atoms with E-state index in [0.717, 1.165) is 0 Å². The summed E-state index contributed by atoms with van der Waals surface area (Å²) in [5, 5.41) is 9.00. The number of hydrogen-bond donors (Lipinski definition) is 1. The van der Waals surface area contributed by atoms with E-state index in [0.29, 0.717) is 17.1 Å². The lowest BCUT2D eigenvalue weighted by Crippen LogP contribution is -2.09. The quantitative estimate of drug-likeness (QED) is 0.878. The van der Waals surface area contributed by atoms with E-state index in [1.54, 1.807) is 0 Å². The molecular formula is C16H11FO5. The van der Waals surface area contributed by atoms with Crippen molar-refractivity contribution in [2.24, 2.45) is 0 Å². The van der Waals surface area contributed by atoms with Gasteiger partial charge in [0.25, 0.3) is 0 Å². The minimum Gasteiger partial charge on any atom is -0.481 e. The molecule has 1 N–H and O–H groups in total. The molecule has 0 amide bonds. The number of rotatable bonds is 4. The molecule has 0 atom stereocenters. The number of carbonyl (C=O) groups is 2. The van der Waals surface area contributed by atoms with Gasteiger partial charge in [0.1, 0.15) is 5.82 Å². The summed E-state index contributed by atoms with van der Waals surface area (Å²) in [5.41, 5.74) is 0.802. The van der Waals surface area contributed by atoms with Gasteiger partial charge >= 0.3 is 5.97 Å². The standard InChI is InChI=1S/C16H11FO5/c17-11-3-1-9(2-4-11)16(20)12-7-14-13(21-8-22-14)5-10(12)6-15(18)19/h1-5,7H,6,8H2,(H,18,19). The molecule has 0 aliphatic carbocycles. The molecule has 1 aliphatic rings. The maximum Gasteiger partial charge on any atom is 0.307 e. The van der Waals surface area contributed by atoms with E-state index in [1.807, 2.05) is 0 Å². The summed E-state index contributed by atoms with van der Waals surface area (Å²) in [7, 11) is 0. The minimum atomic E-state index is -1.06. The van der Waals surface area contributed by atoms with Gasteiger partial charge in [0.05, 0.1) is 6.42 Å². The van der Waals surface area contributed by atoms with E-state index in [4.69, 9.17) is 14.6 Å². The van der Waals surface area contributed by atoms with E-state index >= 15 is 0 Å². The lowest BCUT2D eigenvalue weighted by atomic mass is 9.96. The van der Waals surface area contributed by atoms with Crippen molar-refractivity contribution in [3.8, 4) is 11.5 Å². The number of ether oxygens (including phenoxy) is 2. The Labute approximate surface area is 124 Å². The Bertz CT molecular complexity index is 752. The maximum absolute atomic E-state index is 13.0. The number of hydrogen-bond acceptors (Lipinski definition) is 4. The summed E-state index contributed by atoms with van der Waals surface area (Å²) in [5.74, 6) is -1.11. The molecule has 112 valence electrons. The number of ketones is 1. The lowest BCUT2D eigenvalue weighted by Gasteiger charge is -2.09. The van der Waals surface area contributed by atoms with Crippen LogP contribution in [0, 0.1) is 5.82 Å². The number of halogens is 1. The van der Waals surface area contributed by atoms with Crippen LogP contribution in [0.15, 0.2) is 36.4 Å². The van der Waals surface area contributed by atoms with Crippen molar-refractivity contribution in [1.29, 1.82) is 0 Å². The molecule has 0 saturated carbocycles. The molecule has 0 saturated heterocycles. The van der Waals surface area contributed by atoms with Crippen LogP contribution in [0.1, 0.15) is 21.5 Å². The van der Waals surface area contributed by atoms with Gasteiger partial charge < -0.3 is 14.6 Å². The van der Waals surface area contributed by atoms with Crippen LogP contribution in [-0.2, 0) is 11.2 Å². The second-order valence-corrected chi connectivity index (χ2v) is 4.77. The van der Waals surface area contributed by atoms with Gasteiger partial charge in [0, 0.05) is 11.1 Å². The molecule has 6 heteroatoms. The third-order valence-corrected chi connectivity index (χ3v) is 3.29. The summed E-state index contributed by atoms with van der Waals surface area (Å²) >= 11 is 0. The lowest BCUT2D eigenvalue weighted by molar-refractivity contribution is -0.136. The van der Waals surface area contributed by atoms with Crippen molar-refractivity contribution in [3.63, 3.8) is 0 Å². The zero-order valence-electron chi connectivity index (χ0n) is 11.3. The molecule has 0 radical (unpaired) electrons. The average Bonchev–Trinajstić information content (AvgIpc) is 2.93. The fraction of sp³-hybridized carbons (Fsp3) is 0.125. The van der Waals surface area contributed by atoms with Gasteiger partial charge in [-0.3, -0.25) is 9.59 Å². The number of carboxylic acid groups (broad SMARTS) is 1. The van der Waals surface area contributed by atoms with Gasteiger partial charge in [-0.25, -0.2) is 4.39 Å². The SMILES string of the molecule is O=C(O)Cc1cc2c(cc1C(=O)c1ccc(F)cc1)OCO2. The topological polar surface area (TPSA) is 72.8 Å². The van der Waals surface area contributed by atoms with Gasteiger partial charge in [0.2, 0.25) is 6.79 Å². The smallest absolute Gasteiger partial charge is 0.307 e. The second kappa shape index (κ2) is 5.48. The minimum absolute atomic E-state index is 0.0238. The Morgan fingerprint density at radius 2 is 1.73 bits per heavy atom. The molecule has 2 aromatic carbocycles. The first-order valence-corrected chi connectivity index (χ1v) is 6.49. The van der Waals surface area contributed by atoms with Gasteiger partial charge in [-0.05, 0) is 42.0 Å². The molecule has 1 heterocycles. The fourth-order valence-corrected chi connectivity index (χ4v) is 2.26. The van der Waals surface area contributed by atoms with Gasteiger partial charge in [-0.15, -0.1) is 0 Å². The van der Waals surface area contributed by atoms with Crippen LogP contribution in [0.2, 0.25) is 0 Å². The van der Waals surface area contributed by atoms with Crippen molar-refractivity contribution in [2.75, 3.05) is 6.79 Å².